The van der Waals surface area contributed by atoms with Gasteiger partial charge in [0.15, 0.2) is 0 Å². The van der Waals surface area contributed by atoms with E-state index < -0.39 is 0 Å². The Morgan fingerprint density at radius 2 is 2.38 bits per heavy atom. The second-order valence-electron chi connectivity index (χ2n) is 4.08. The maximum atomic E-state index is 4.72. The van der Waals surface area contributed by atoms with Crippen molar-refractivity contribution < 1.29 is 0 Å². The number of pyridine rings is 1. The van der Waals surface area contributed by atoms with Gasteiger partial charge in [-0.25, -0.2) is 9.97 Å². The monoisotopic (exact) mass is 231 g/mol. The van der Waals surface area contributed by atoms with Gasteiger partial charge in [-0.1, -0.05) is 6.92 Å². The summed E-state index contributed by atoms with van der Waals surface area (Å²) in [6.07, 6.45) is 2.98. The summed E-state index contributed by atoms with van der Waals surface area (Å²) in [5, 5.41) is 6.37. The van der Waals surface area contributed by atoms with E-state index in [1.807, 2.05) is 17.6 Å². The van der Waals surface area contributed by atoms with Gasteiger partial charge in [0.05, 0.1) is 17.1 Å². The van der Waals surface area contributed by atoms with Crippen LogP contribution >= 0.6 is 11.3 Å². The predicted octanol–water partition coefficient (Wildman–Crippen LogP) is 3.12. The molecule has 0 bridgehead atoms. The zero-order chi connectivity index (χ0) is 11.0. The van der Waals surface area contributed by atoms with Crippen LogP contribution < -0.4 is 5.32 Å². The van der Waals surface area contributed by atoms with E-state index in [1.165, 1.54) is 11.4 Å². The third kappa shape index (κ3) is 1.59. The van der Waals surface area contributed by atoms with Gasteiger partial charge in [-0.3, -0.25) is 0 Å². The van der Waals surface area contributed by atoms with Gasteiger partial charge in [0.25, 0.3) is 0 Å². The lowest BCUT2D eigenvalue weighted by Crippen LogP contribution is -2.16. The van der Waals surface area contributed by atoms with Crippen molar-refractivity contribution in [3.63, 3.8) is 0 Å². The van der Waals surface area contributed by atoms with E-state index in [4.69, 9.17) is 4.98 Å². The van der Waals surface area contributed by atoms with E-state index in [0.29, 0.717) is 5.92 Å². The molecule has 2 aromatic heterocycles. The largest absolute Gasteiger partial charge is 0.384 e. The Morgan fingerprint density at radius 3 is 3.19 bits per heavy atom. The summed E-state index contributed by atoms with van der Waals surface area (Å²) in [6, 6.07) is 4.16. The summed E-state index contributed by atoms with van der Waals surface area (Å²) in [4.78, 5) is 9.02. The number of anilines is 1. The van der Waals surface area contributed by atoms with Crippen LogP contribution in [0.4, 0.5) is 5.69 Å². The van der Waals surface area contributed by atoms with Crippen molar-refractivity contribution in [1.82, 2.24) is 9.97 Å². The Balaban J connectivity index is 2.07. The summed E-state index contributed by atoms with van der Waals surface area (Å²) in [7, 11) is 0. The molecule has 0 fully saturated rings. The Hall–Kier alpha value is -1.42. The first-order valence-corrected chi connectivity index (χ1v) is 6.37. The number of nitrogens with zero attached hydrogens (tertiary/aromatic N) is 2. The molecule has 0 unspecified atom stereocenters. The average Bonchev–Trinajstić information content (AvgIpc) is 2.83. The van der Waals surface area contributed by atoms with E-state index in [0.717, 1.165) is 23.7 Å². The Morgan fingerprint density at radius 1 is 1.44 bits per heavy atom. The highest BCUT2D eigenvalue weighted by Crippen LogP contribution is 2.32. The van der Waals surface area contributed by atoms with Crippen molar-refractivity contribution >= 4 is 17.0 Å². The molecule has 82 valence electrons. The summed E-state index contributed by atoms with van der Waals surface area (Å²) < 4.78 is 0. The smallest absolute Gasteiger partial charge is 0.141 e. The molecule has 0 aliphatic carbocycles. The molecule has 3 heterocycles. The SMILES string of the molecule is C[C@H]1CCNc2ccc(-c3nccs3)nc21. The lowest BCUT2D eigenvalue weighted by atomic mass is 9.98. The molecule has 2 aromatic rings. The molecule has 1 N–H and O–H groups in total. The van der Waals surface area contributed by atoms with Crippen LogP contribution in [0, 0.1) is 0 Å². The average molecular weight is 231 g/mol. The van der Waals surface area contributed by atoms with Gasteiger partial charge < -0.3 is 5.32 Å². The Kier molecular flexibility index (Phi) is 2.36. The molecule has 1 atom stereocenters. The third-order valence-electron chi connectivity index (χ3n) is 2.94. The Bertz CT molecular complexity index is 493. The second kappa shape index (κ2) is 3.87. The van der Waals surface area contributed by atoms with Crippen molar-refractivity contribution in [3.8, 4) is 10.7 Å². The fourth-order valence-electron chi connectivity index (χ4n) is 2.03. The first-order chi connectivity index (χ1) is 7.84. The Labute approximate surface area is 98.6 Å². The normalized spacial score (nSPS) is 18.9. The van der Waals surface area contributed by atoms with Crippen LogP contribution in [0.25, 0.3) is 10.7 Å². The van der Waals surface area contributed by atoms with Crippen LogP contribution in [0.1, 0.15) is 25.0 Å². The molecule has 4 heteroatoms. The molecule has 0 radical (unpaired) electrons. The number of rotatable bonds is 1. The molecule has 3 rings (SSSR count). The molecule has 0 spiro atoms. The summed E-state index contributed by atoms with van der Waals surface area (Å²) in [5.74, 6) is 0.538. The maximum absolute atomic E-state index is 4.72. The number of thiazole rings is 1. The van der Waals surface area contributed by atoms with Gasteiger partial charge >= 0.3 is 0 Å². The lowest BCUT2D eigenvalue weighted by molar-refractivity contribution is 0.662. The van der Waals surface area contributed by atoms with E-state index in [1.54, 1.807) is 11.3 Å². The molecule has 1 aliphatic heterocycles. The second-order valence-corrected chi connectivity index (χ2v) is 4.98. The van der Waals surface area contributed by atoms with Gasteiger partial charge in [0, 0.05) is 24.0 Å². The molecule has 1 aliphatic rings. The number of hydrogen-bond donors (Lipinski definition) is 1. The minimum Gasteiger partial charge on any atom is -0.384 e. The molecule has 0 saturated carbocycles. The predicted molar refractivity (Wildman–Crippen MR) is 66.9 cm³/mol. The fraction of sp³-hybridized carbons (Fsp3) is 0.333. The first-order valence-electron chi connectivity index (χ1n) is 5.49. The summed E-state index contributed by atoms with van der Waals surface area (Å²) in [5.41, 5.74) is 3.35. The fourth-order valence-corrected chi connectivity index (χ4v) is 2.64. The quantitative estimate of drug-likeness (QED) is 0.819. The molecule has 3 nitrogen and oxygen atoms in total. The number of nitrogens with one attached hydrogen (secondary N) is 1. The molecule has 16 heavy (non-hydrogen) atoms. The van der Waals surface area contributed by atoms with Gasteiger partial charge in [-0.2, -0.15) is 0 Å². The van der Waals surface area contributed by atoms with Gasteiger partial charge in [0.2, 0.25) is 0 Å². The summed E-state index contributed by atoms with van der Waals surface area (Å²) >= 11 is 1.63. The first kappa shape index (κ1) is 9.78. The van der Waals surface area contributed by atoms with Gasteiger partial charge in [-0.05, 0) is 18.6 Å². The zero-order valence-electron chi connectivity index (χ0n) is 9.10. The molecular formula is C12H13N3S. The minimum atomic E-state index is 0.538. The highest BCUT2D eigenvalue weighted by Gasteiger charge is 2.18. The van der Waals surface area contributed by atoms with Crippen LogP contribution in [0.15, 0.2) is 23.7 Å². The maximum Gasteiger partial charge on any atom is 0.141 e. The minimum absolute atomic E-state index is 0.538. The van der Waals surface area contributed by atoms with Crippen molar-refractivity contribution in [2.75, 3.05) is 11.9 Å². The topological polar surface area (TPSA) is 37.8 Å². The van der Waals surface area contributed by atoms with E-state index in [2.05, 4.69) is 23.3 Å². The zero-order valence-corrected chi connectivity index (χ0v) is 9.92. The molecule has 0 amide bonds. The van der Waals surface area contributed by atoms with E-state index >= 15 is 0 Å². The molecule has 0 saturated heterocycles. The van der Waals surface area contributed by atoms with Crippen LogP contribution in [0.5, 0.6) is 0 Å². The van der Waals surface area contributed by atoms with Crippen molar-refractivity contribution in [3.05, 3.63) is 29.4 Å². The van der Waals surface area contributed by atoms with Gasteiger partial charge in [-0.15, -0.1) is 11.3 Å². The van der Waals surface area contributed by atoms with E-state index in [-0.39, 0.29) is 0 Å². The highest BCUT2D eigenvalue weighted by molar-refractivity contribution is 7.13. The number of aromatic nitrogens is 2. The van der Waals surface area contributed by atoms with Crippen LogP contribution in [0.2, 0.25) is 0 Å². The standard InChI is InChI=1S/C12H13N3S/c1-8-4-5-13-9-2-3-10(15-11(8)9)12-14-6-7-16-12/h2-3,6-8,13H,4-5H2,1H3/t8-/m0/s1. The molecule has 0 aromatic carbocycles. The van der Waals surface area contributed by atoms with Crippen molar-refractivity contribution in [1.29, 1.82) is 0 Å². The van der Waals surface area contributed by atoms with Crippen molar-refractivity contribution in [2.24, 2.45) is 0 Å². The summed E-state index contributed by atoms with van der Waals surface area (Å²) in [6.45, 7) is 3.28. The number of fused-ring (bicyclic) bond motifs is 1. The van der Waals surface area contributed by atoms with Gasteiger partial charge in [0.1, 0.15) is 5.01 Å². The number of hydrogen-bond acceptors (Lipinski definition) is 4. The van der Waals surface area contributed by atoms with Crippen LogP contribution in [-0.2, 0) is 0 Å². The highest BCUT2D eigenvalue weighted by atomic mass is 32.1. The van der Waals surface area contributed by atoms with E-state index in [9.17, 15) is 0 Å². The van der Waals surface area contributed by atoms with Crippen molar-refractivity contribution in [2.45, 2.75) is 19.3 Å². The third-order valence-corrected chi connectivity index (χ3v) is 3.73. The lowest BCUT2D eigenvalue weighted by Gasteiger charge is -2.22. The molecular weight excluding hydrogens is 218 g/mol. The van der Waals surface area contributed by atoms with Crippen LogP contribution in [0.3, 0.4) is 0 Å². The van der Waals surface area contributed by atoms with Crippen LogP contribution in [-0.4, -0.2) is 16.5 Å².